The first-order valence-electron chi connectivity index (χ1n) is 13.8. The second kappa shape index (κ2) is 11.3. The van der Waals surface area contributed by atoms with E-state index in [-0.39, 0.29) is 36.2 Å². The van der Waals surface area contributed by atoms with Crippen LogP contribution in [0.15, 0.2) is 66.7 Å². The first-order valence-corrected chi connectivity index (χ1v) is 14.8. The molecule has 0 aliphatic carbocycles. The van der Waals surface area contributed by atoms with Crippen LogP contribution in [0.3, 0.4) is 0 Å². The highest BCUT2D eigenvalue weighted by Gasteiger charge is 2.38. The molecule has 9 heteroatoms. The lowest BCUT2D eigenvalue weighted by atomic mass is 9.99. The summed E-state index contributed by atoms with van der Waals surface area (Å²) in [5.41, 5.74) is 6.60. The van der Waals surface area contributed by atoms with E-state index in [1.54, 1.807) is 4.90 Å². The molecule has 0 spiro atoms. The van der Waals surface area contributed by atoms with Crippen molar-refractivity contribution < 1.29 is 19.1 Å². The number of carbonyl (C=O) groups excluding carboxylic acids is 2. The van der Waals surface area contributed by atoms with Crippen LogP contribution in [0.1, 0.15) is 40.8 Å². The van der Waals surface area contributed by atoms with Crippen molar-refractivity contribution in [3.05, 3.63) is 89.0 Å². The Morgan fingerprint density at radius 2 is 1.85 bits per heavy atom. The van der Waals surface area contributed by atoms with Crippen LogP contribution < -0.4 is 19.7 Å². The summed E-state index contributed by atoms with van der Waals surface area (Å²) in [5.74, 6) is 1.86. The molecule has 2 amide bonds. The number of benzene rings is 3. The van der Waals surface area contributed by atoms with Crippen LogP contribution in [-0.4, -0.2) is 47.2 Å². The average Bonchev–Trinajstić information content (AvgIpc) is 3.58. The van der Waals surface area contributed by atoms with Crippen LogP contribution in [0, 0.1) is 13.8 Å². The molecule has 0 saturated heterocycles. The first-order chi connectivity index (χ1) is 20.0. The summed E-state index contributed by atoms with van der Waals surface area (Å²) in [6, 6.07) is 22.0. The zero-order chi connectivity index (χ0) is 28.5. The molecule has 8 nitrogen and oxygen atoms in total. The zero-order valence-corrected chi connectivity index (χ0v) is 24.2. The van der Waals surface area contributed by atoms with E-state index >= 15 is 0 Å². The highest BCUT2D eigenvalue weighted by molar-refractivity contribution is 8.00. The third-order valence-corrected chi connectivity index (χ3v) is 8.77. The minimum atomic E-state index is -0.249. The van der Waals surface area contributed by atoms with Gasteiger partial charge in [-0.25, -0.2) is 4.68 Å². The van der Waals surface area contributed by atoms with Gasteiger partial charge in [-0.05, 0) is 55.2 Å². The molecule has 0 bridgehead atoms. The number of amides is 2. The van der Waals surface area contributed by atoms with Crippen molar-refractivity contribution >= 4 is 29.4 Å². The maximum Gasteiger partial charge on any atom is 0.240 e. The van der Waals surface area contributed by atoms with Gasteiger partial charge in [0.2, 0.25) is 18.6 Å². The number of fused-ring (bicyclic) bond motifs is 2. The molecule has 0 radical (unpaired) electrons. The summed E-state index contributed by atoms with van der Waals surface area (Å²) in [7, 11) is 0. The van der Waals surface area contributed by atoms with Gasteiger partial charge in [0, 0.05) is 17.7 Å². The molecule has 0 saturated carbocycles. The molecular formula is C32H32N4O4S. The van der Waals surface area contributed by atoms with Gasteiger partial charge in [-0.15, -0.1) is 11.8 Å². The Hall–Kier alpha value is -4.24. The fraction of sp³-hybridized carbons (Fsp3) is 0.281. The predicted octanol–water partition coefficient (Wildman–Crippen LogP) is 5.58. The number of hydrogen-bond acceptors (Lipinski definition) is 6. The lowest BCUT2D eigenvalue weighted by Crippen LogP contribution is -2.42. The second-order valence-corrected chi connectivity index (χ2v) is 11.3. The van der Waals surface area contributed by atoms with Gasteiger partial charge in [-0.1, -0.05) is 55.5 Å². The molecular weight excluding hydrogens is 536 g/mol. The van der Waals surface area contributed by atoms with Crippen molar-refractivity contribution in [2.75, 3.05) is 30.5 Å². The van der Waals surface area contributed by atoms with Gasteiger partial charge < -0.3 is 14.8 Å². The van der Waals surface area contributed by atoms with Crippen LogP contribution in [0.25, 0.3) is 16.9 Å². The van der Waals surface area contributed by atoms with Crippen LogP contribution in [-0.2, 0) is 9.59 Å². The monoisotopic (exact) mass is 568 g/mol. The van der Waals surface area contributed by atoms with E-state index in [2.05, 4.69) is 25.2 Å². The molecule has 1 aromatic heterocycles. The molecule has 3 heterocycles. The quantitative estimate of drug-likeness (QED) is 0.313. The van der Waals surface area contributed by atoms with Crippen molar-refractivity contribution in [2.24, 2.45) is 0 Å². The highest BCUT2D eigenvalue weighted by atomic mass is 32.2. The van der Waals surface area contributed by atoms with Gasteiger partial charge in [-0.2, -0.15) is 5.10 Å². The average molecular weight is 569 g/mol. The Morgan fingerprint density at radius 1 is 1.05 bits per heavy atom. The molecule has 2 aliphatic heterocycles. The molecule has 6 rings (SSSR count). The molecule has 4 aromatic rings. The SMILES string of the molecule is CCCNC(=O)CN1C(=O)CSC(c2ccc3c(c2)OCO3)c2c(-c3ccccc3)nn(-c3cccc(C)c3C)c21. The number of nitrogens with zero attached hydrogens (tertiary/aromatic N) is 3. The fourth-order valence-electron chi connectivity index (χ4n) is 5.26. The lowest BCUT2D eigenvalue weighted by molar-refractivity contribution is -0.122. The summed E-state index contributed by atoms with van der Waals surface area (Å²) in [5, 5.41) is 7.89. The summed E-state index contributed by atoms with van der Waals surface area (Å²) in [6.45, 7) is 6.76. The van der Waals surface area contributed by atoms with Crippen LogP contribution in [0.4, 0.5) is 5.82 Å². The Bertz CT molecular complexity index is 1620. The van der Waals surface area contributed by atoms with Gasteiger partial charge in [0.05, 0.1) is 22.4 Å². The van der Waals surface area contributed by atoms with Crippen LogP contribution in [0.2, 0.25) is 0 Å². The van der Waals surface area contributed by atoms with Crippen molar-refractivity contribution in [3.63, 3.8) is 0 Å². The molecule has 1 N–H and O–H groups in total. The van der Waals surface area contributed by atoms with Gasteiger partial charge in [0.1, 0.15) is 12.4 Å². The number of ether oxygens (including phenoxy) is 2. The van der Waals surface area contributed by atoms with Gasteiger partial charge in [-0.3, -0.25) is 14.5 Å². The smallest absolute Gasteiger partial charge is 0.240 e. The summed E-state index contributed by atoms with van der Waals surface area (Å²) in [4.78, 5) is 28.6. The Balaban J connectivity index is 1.62. The Morgan fingerprint density at radius 3 is 2.66 bits per heavy atom. The van der Waals surface area contributed by atoms with E-state index in [1.807, 2.05) is 72.3 Å². The van der Waals surface area contributed by atoms with Gasteiger partial charge in [0.15, 0.2) is 11.5 Å². The molecule has 1 unspecified atom stereocenters. The van der Waals surface area contributed by atoms with Crippen LogP contribution >= 0.6 is 11.8 Å². The number of carbonyl (C=O) groups is 2. The lowest BCUT2D eigenvalue weighted by Gasteiger charge is -2.24. The van der Waals surface area contributed by atoms with E-state index in [0.29, 0.717) is 23.9 Å². The van der Waals surface area contributed by atoms with Gasteiger partial charge in [0.25, 0.3) is 0 Å². The summed E-state index contributed by atoms with van der Waals surface area (Å²) < 4.78 is 13.1. The first kappa shape index (κ1) is 27.0. The van der Waals surface area contributed by atoms with Crippen molar-refractivity contribution in [1.82, 2.24) is 15.1 Å². The molecule has 41 heavy (non-hydrogen) atoms. The Kier molecular flexibility index (Phi) is 7.45. The number of aryl methyl sites for hydroxylation is 1. The van der Waals surface area contributed by atoms with E-state index in [0.717, 1.165) is 45.6 Å². The van der Waals surface area contributed by atoms with E-state index in [4.69, 9.17) is 14.6 Å². The largest absolute Gasteiger partial charge is 0.454 e. The maximum absolute atomic E-state index is 13.9. The van der Waals surface area contributed by atoms with Crippen molar-refractivity contribution in [3.8, 4) is 28.4 Å². The Labute approximate surface area is 243 Å². The van der Waals surface area contributed by atoms with Gasteiger partial charge >= 0.3 is 0 Å². The zero-order valence-electron chi connectivity index (χ0n) is 23.3. The molecule has 210 valence electrons. The van der Waals surface area contributed by atoms with Crippen LogP contribution in [0.5, 0.6) is 11.5 Å². The minimum absolute atomic E-state index is 0.0922. The predicted molar refractivity (Wildman–Crippen MR) is 161 cm³/mol. The third kappa shape index (κ3) is 5.06. The number of nitrogens with one attached hydrogen (secondary N) is 1. The van der Waals surface area contributed by atoms with Crippen molar-refractivity contribution in [2.45, 2.75) is 32.4 Å². The molecule has 1 atom stereocenters. The third-order valence-electron chi connectivity index (χ3n) is 7.51. The molecule has 0 fully saturated rings. The fourth-order valence-corrected chi connectivity index (χ4v) is 6.45. The van der Waals surface area contributed by atoms with E-state index < -0.39 is 0 Å². The number of aromatic nitrogens is 2. The number of thioether (sulfide) groups is 1. The highest BCUT2D eigenvalue weighted by Crippen LogP contribution is 2.50. The normalized spacial score (nSPS) is 15.9. The minimum Gasteiger partial charge on any atom is -0.454 e. The summed E-state index contributed by atoms with van der Waals surface area (Å²) >= 11 is 1.53. The maximum atomic E-state index is 13.9. The number of anilines is 1. The standard InChI is InChI=1S/C32H32N4O4S/c1-4-15-33-27(37)17-35-28(38)18-41-31(23-13-14-25-26(16-23)40-19-39-25)29-30(22-10-6-5-7-11-22)34-36(32(29)35)24-12-8-9-20(2)21(24)3/h5-14,16,31H,4,15,17-19H2,1-3H3,(H,33,37). The van der Waals surface area contributed by atoms with Crippen molar-refractivity contribution in [1.29, 1.82) is 0 Å². The molecule has 3 aromatic carbocycles. The molecule has 2 aliphatic rings. The number of rotatable bonds is 7. The van der Waals surface area contributed by atoms with E-state index in [1.165, 1.54) is 11.8 Å². The summed E-state index contributed by atoms with van der Waals surface area (Å²) in [6.07, 6.45) is 0.811. The topological polar surface area (TPSA) is 85.7 Å². The second-order valence-electron chi connectivity index (χ2n) is 10.2. The van der Waals surface area contributed by atoms with E-state index in [9.17, 15) is 9.59 Å². The number of hydrogen-bond donors (Lipinski definition) is 1.